The second kappa shape index (κ2) is 7.69. The molecule has 0 aliphatic rings. The highest BCUT2D eigenvalue weighted by molar-refractivity contribution is 9.09. The van der Waals surface area contributed by atoms with Gasteiger partial charge >= 0.3 is 6.09 Å². The first-order valence-electron chi connectivity index (χ1n) is 5.90. The van der Waals surface area contributed by atoms with Gasteiger partial charge in [-0.15, -0.1) is 0 Å². The van der Waals surface area contributed by atoms with Crippen molar-refractivity contribution in [3.05, 3.63) is 29.8 Å². The van der Waals surface area contributed by atoms with Crippen molar-refractivity contribution in [2.24, 2.45) is 0 Å². The fraction of sp³-hybridized carbons (Fsp3) is 0.462. The van der Waals surface area contributed by atoms with Crippen LogP contribution in [-0.2, 0) is 6.42 Å². The number of ether oxygens (including phenoxy) is 1. The van der Waals surface area contributed by atoms with Crippen molar-refractivity contribution >= 4 is 34.7 Å². The number of amides is 1. The normalized spacial score (nSPS) is 13.8. The van der Waals surface area contributed by atoms with Crippen LogP contribution in [-0.4, -0.2) is 16.3 Å². The van der Waals surface area contributed by atoms with Gasteiger partial charge in [-0.05, 0) is 30.5 Å². The van der Waals surface area contributed by atoms with Crippen molar-refractivity contribution < 1.29 is 9.53 Å². The molecule has 0 radical (unpaired) electrons. The van der Waals surface area contributed by atoms with Crippen LogP contribution in [0.1, 0.15) is 25.8 Å². The summed E-state index contributed by atoms with van der Waals surface area (Å²) < 4.78 is 5.15. The molecular weight excluding hydrogens is 314 g/mol. The maximum absolute atomic E-state index is 11.6. The van der Waals surface area contributed by atoms with Crippen LogP contribution in [0.4, 0.5) is 4.79 Å². The molecule has 1 aromatic rings. The molecule has 0 saturated carbocycles. The molecule has 0 bridgehead atoms. The fourth-order valence-electron chi connectivity index (χ4n) is 1.43. The zero-order valence-corrected chi connectivity index (χ0v) is 13.0. The Labute approximate surface area is 122 Å². The first-order valence-corrected chi connectivity index (χ1v) is 7.34. The first-order chi connectivity index (χ1) is 8.51. The summed E-state index contributed by atoms with van der Waals surface area (Å²) in [6.45, 7) is 4.08. The number of rotatable bonds is 5. The smallest absolute Gasteiger partial charge is 0.410 e. The highest BCUT2D eigenvalue weighted by Crippen LogP contribution is 2.14. The minimum absolute atomic E-state index is 0.221. The lowest BCUT2D eigenvalue weighted by molar-refractivity contribution is 0.199. The molecule has 3 nitrogen and oxygen atoms in total. The van der Waals surface area contributed by atoms with Crippen LogP contribution in [0, 0.1) is 0 Å². The maximum Gasteiger partial charge on any atom is 0.413 e. The second-order valence-corrected chi connectivity index (χ2v) is 6.25. The number of aryl methyl sites for hydroxylation is 1. The van der Waals surface area contributed by atoms with Gasteiger partial charge in [-0.25, -0.2) is 4.79 Å². The van der Waals surface area contributed by atoms with Crippen LogP contribution >= 0.6 is 28.6 Å². The minimum atomic E-state index is -0.479. The van der Waals surface area contributed by atoms with E-state index in [1.54, 1.807) is 12.1 Å². The van der Waals surface area contributed by atoms with E-state index in [0.717, 1.165) is 12.8 Å². The molecule has 5 heteroatoms. The summed E-state index contributed by atoms with van der Waals surface area (Å²) in [5.41, 5.74) is 1.21. The van der Waals surface area contributed by atoms with E-state index in [1.807, 2.05) is 19.1 Å². The van der Waals surface area contributed by atoms with Gasteiger partial charge in [0, 0.05) is 4.83 Å². The van der Waals surface area contributed by atoms with E-state index in [2.05, 4.69) is 40.8 Å². The molecule has 0 saturated heterocycles. The summed E-state index contributed by atoms with van der Waals surface area (Å²) in [5.74, 6) is 0.539. The summed E-state index contributed by atoms with van der Waals surface area (Å²) in [4.78, 5) is 11.9. The molecule has 0 aliphatic carbocycles. The molecule has 1 amide bonds. The molecular formula is C13H18BrNO2S. The molecule has 0 aliphatic heterocycles. The Morgan fingerprint density at radius 2 is 2.06 bits per heavy atom. The van der Waals surface area contributed by atoms with Crippen molar-refractivity contribution in [3.63, 3.8) is 0 Å². The number of carbonyl (C=O) groups is 1. The molecule has 0 spiro atoms. The van der Waals surface area contributed by atoms with Crippen molar-refractivity contribution in [1.29, 1.82) is 0 Å². The van der Waals surface area contributed by atoms with E-state index in [0.29, 0.717) is 10.6 Å². The highest BCUT2D eigenvalue weighted by Gasteiger charge is 2.11. The molecule has 0 fully saturated rings. The molecule has 0 aromatic heterocycles. The molecule has 2 unspecified atom stereocenters. The van der Waals surface area contributed by atoms with Gasteiger partial charge in [-0.1, -0.05) is 41.9 Å². The minimum Gasteiger partial charge on any atom is -0.410 e. The Morgan fingerprint density at radius 3 is 2.56 bits per heavy atom. The lowest BCUT2D eigenvalue weighted by Crippen LogP contribution is -2.34. The number of nitrogens with one attached hydrogen (secondary N) is 1. The predicted octanol–water partition coefficient (Wildman–Crippen LogP) is 3.77. The summed E-state index contributed by atoms with van der Waals surface area (Å²) in [6, 6.07) is 7.47. The molecule has 1 aromatic carbocycles. The van der Waals surface area contributed by atoms with E-state index in [9.17, 15) is 4.79 Å². The monoisotopic (exact) mass is 331 g/mol. The van der Waals surface area contributed by atoms with Gasteiger partial charge < -0.3 is 10.1 Å². The molecule has 0 heterocycles. The standard InChI is InChI=1S/C13H18BrNO2S/c1-3-10-4-6-11(7-5-10)17-13(16)15-12(18)8-9(2)14/h4-7,9,12,18H,3,8H2,1-2H3,(H,15,16). The van der Waals surface area contributed by atoms with E-state index in [4.69, 9.17) is 4.74 Å². The summed E-state index contributed by atoms with van der Waals surface area (Å²) in [6.07, 6.45) is 1.22. The Kier molecular flexibility index (Phi) is 6.57. The zero-order valence-electron chi connectivity index (χ0n) is 10.5. The Balaban J connectivity index is 2.43. The predicted molar refractivity (Wildman–Crippen MR) is 80.8 cm³/mol. The second-order valence-electron chi connectivity index (χ2n) is 4.06. The van der Waals surface area contributed by atoms with Crippen molar-refractivity contribution in [2.45, 2.75) is 36.9 Å². The molecule has 1 rings (SSSR count). The number of hydrogen-bond acceptors (Lipinski definition) is 3. The molecule has 18 heavy (non-hydrogen) atoms. The molecule has 2 atom stereocenters. The summed E-state index contributed by atoms with van der Waals surface area (Å²) in [7, 11) is 0. The quantitative estimate of drug-likeness (QED) is 0.489. The fourth-order valence-corrected chi connectivity index (χ4v) is 2.52. The van der Waals surface area contributed by atoms with E-state index < -0.39 is 6.09 Å². The largest absolute Gasteiger partial charge is 0.413 e. The average Bonchev–Trinajstić information content (AvgIpc) is 2.28. The average molecular weight is 332 g/mol. The number of hydrogen-bond donors (Lipinski definition) is 2. The van der Waals surface area contributed by atoms with Gasteiger partial charge in [0.1, 0.15) is 5.75 Å². The summed E-state index contributed by atoms with van der Waals surface area (Å²) in [5, 5.41) is 2.44. The lowest BCUT2D eigenvalue weighted by atomic mass is 10.2. The van der Waals surface area contributed by atoms with Gasteiger partial charge in [0.25, 0.3) is 0 Å². The number of benzene rings is 1. The molecule has 1 N–H and O–H groups in total. The number of thiol groups is 1. The van der Waals surface area contributed by atoms with Gasteiger partial charge in [-0.3, -0.25) is 0 Å². The Morgan fingerprint density at radius 1 is 1.44 bits per heavy atom. The van der Waals surface area contributed by atoms with Gasteiger partial charge in [-0.2, -0.15) is 12.6 Å². The van der Waals surface area contributed by atoms with E-state index in [-0.39, 0.29) is 5.37 Å². The third-order valence-electron chi connectivity index (χ3n) is 2.37. The van der Waals surface area contributed by atoms with E-state index >= 15 is 0 Å². The van der Waals surface area contributed by atoms with Crippen LogP contribution in [0.2, 0.25) is 0 Å². The van der Waals surface area contributed by atoms with E-state index in [1.165, 1.54) is 5.56 Å². The van der Waals surface area contributed by atoms with Crippen molar-refractivity contribution in [2.75, 3.05) is 0 Å². The Bertz CT molecular complexity index is 381. The van der Waals surface area contributed by atoms with Gasteiger partial charge in [0.15, 0.2) is 0 Å². The number of halogens is 1. The third kappa shape index (κ3) is 5.78. The van der Waals surface area contributed by atoms with Gasteiger partial charge in [0.05, 0.1) is 5.37 Å². The van der Waals surface area contributed by atoms with Gasteiger partial charge in [0.2, 0.25) is 0 Å². The third-order valence-corrected chi connectivity index (χ3v) is 3.09. The SMILES string of the molecule is CCc1ccc(OC(=O)NC(S)CC(C)Br)cc1. The van der Waals surface area contributed by atoms with Crippen LogP contribution in [0.15, 0.2) is 24.3 Å². The van der Waals surface area contributed by atoms with Crippen LogP contribution < -0.4 is 10.1 Å². The lowest BCUT2D eigenvalue weighted by Gasteiger charge is -2.14. The van der Waals surface area contributed by atoms with Crippen LogP contribution in [0.25, 0.3) is 0 Å². The van der Waals surface area contributed by atoms with Crippen LogP contribution in [0.3, 0.4) is 0 Å². The maximum atomic E-state index is 11.6. The van der Waals surface area contributed by atoms with Crippen LogP contribution in [0.5, 0.6) is 5.75 Å². The number of alkyl halides is 1. The molecule has 100 valence electrons. The van der Waals surface area contributed by atoms with Crippen molar-refractivity contribution in [3.8, 4) is 5.75 Å². The Hall–Kier alpha value is -0.680. The summed E-state index contributed by atoms with van der Waals surface area (Å²) >= 11 is 7.67. The topological polar surface area (TPSA) is 38.3 Å². The van der Waals surface area contributed by atoms with Crippen molar-refractivity contribution in [1.82, 2.24) is 5.32 Å². The number of carbonyl (C=O) groups excluding carboxylic acids is 1. The zero-order chi connectivity index (χ0) is 13.5. The first kappa shape index (κ1) is 15.4. The highest BCUT2D eigenvalue weighted by atomic mass is 79.9.